The number of nitrogens with two attached hydrogens (primary N) is 1. The van der Waals surface area contributed by atoms with Crippen LogP contribution in [-0.2, 0) is 33.0 Å². The highest BCUT2D eigenvalue weighted by atomic mass is 19.4. The fourth-order valence-electron chi connectivity index (χ4n) is 6.51. The number of hydrogen-bond acceptors (Lipinski definition) is 8. The number of ether oxygens (including phenoxy) is 3. The van der Waals surface area contributed by atoms with Crippen LogP contribution in [0.25, 0.3) is 0 Å². The molecule has 0 spiro atoms. The second-order valence-electron chi connectivity index (χ2n) is 12.5. The van der Waals surface area contributed by atoms with Crippen LogP contribution in [0.3, 0.4) is 0 Å². The number of morpholine rings is 1. The lowest BCUT2D eigenvalue weighted by Crippen LogP contribution is -2.61. The Kier molecular flexibility index (Phi) is 11.1. The summed E-state index contributed by atoms with van der Waals surface area (Å²) in [5.74, 6) is -1.33. The number of rotatable bonds is 10. The fourth-order valence-corrected chi connectivity index (χ4v) is 6.51. The molecule has 51 heavy (non-hydrogen) atoms. The van der Waals surface area contributed by atoms with Crippen molar-refractivity contribution in [2.75, 3.05) is 49.8 Å². The summed E-state index contributed by atoms with van der Waals surface area (Å²) in [6.07, 6.45) is -9.48. The molecule has 0 saturated carbocycles. The van der Waals surface area contributed by atoms with Gasteiger partial charge in [-0.15, -0.1) is 0 Å². The highest BCUT2D eigenvalue weighted by Crippen LogP contribution is 2.48. The first kappa shape index (κ1) is 37.7. The maximum atomic E-state index is 13.9. The molecule has 2 aromatic carbocycles. The number of carboxylic acid groups (broad SMARTS) is 1. The van der Waals surface area contributed by atoms with Gasteiger partial charge in [0.1, 0.15) is 11.4 Å². The van der Waals surface area contributed by atoms with E-state index < -0.39 is 47.1 Å². The van der Waals surface area contributed by atoms with Crippen LogP contribution in [0.4, 0.5) is 42.5 Å². The summed E-state index contributed by atoms with van der Waals surface area (Å²) in [6.45, 7) is 3.41. The van der Waals surface area contributed by atoms with Crippen LogP contribution in [0.2, 0.25) is 0 Å². The summed E-state index contributed by atoms with van der Waals surface area (Å²) in [5.41, 5.74) is 4.67. The summed E-state index contributed by atoms with van der Waals surface area (Å²) in [7, 11) is 1.44. The predicted octanol–water partition coefficient (Wildman–Crippen LogP) is 6.96. The maximum absolute atomic E-state index is 13.9. The maximum Gasteiger partial charge on any atom is 0.416 e. The number of nitrogens with zero attached hydrogens (tertiary/aromatic N) is 3. The van der Waals surface area contributed by atoms with Crippen molar-refractivity contribution in [3.05, 3.63) is 82.2 Å². The van der Waals surface area contributed by atoms with E-state index in [1.165, 1.54) is 12.0 Å². The van der Waals surface area contributed by atoms with E-state index in [0.717, 1.165) is 0 Å². The molecule has 3 aromatic rings. The van der Waals surface area contributed by atoms with Gasteiger partial charge in [0.05, 0.1) is 61.3 Å². The van der Waals surface area contributed by atoms with Gasteiger partial charge in [0.25, 0.3) is 0 Å². The van der Waals surface area contributed by atoms with Gasteiger partial charge in [0.15, 0.2) is 0 Å². The third-order valence-electron chi connectivity index (χ3n) is 9.14. The van der Waals surface area contributed by atoms with E-state index in [0.29, 0.717) is 72.4 Å². The van der Waals surface area contributed by atoms with E-state index in [1.807, 2.05) is 4.90 Å². The van der Waals surface area contributed by atoms with Gasteiger partial charge in [-0.2, -0.15) is 26.3 Å². The highest BCUT2D eigenvalue weighted by molar-refractivity contribution is 5.91. The van der Waals surface area contributed by atoms with Gasteiger partial charge in [0.2, 0.25) is 0 Å². The Labute approximate surface area is 290 Å². The smallest absolute Gasteiger partial charge is 0.416 e. The quantitative estimate of drug-likeness (QED) is 0.169. The number of aliphatic carboxylic acids is 1. The van der Waals surface area contributed by atoms with Crippen LogP contribution in [0, 0.1) is 0 Å². The Hall–Kier alpha value is -4.57. The normalized spacial score (nSPS) is 19.4. The first-order valence-corrected chi connectivity index (χ1v) is 16.3. The number of pyridine rings is 1. The largest absolute Gasteiger partial charge is 0.497 e. The number of amides is 1. The van der Waals surface area contributed by atoms with E-state index in [9.17, 15) is 35.9 Å². The third kappa shape index (κ3) is 8.50. The summed E-state index contributed by atoms with van der Waals surface area (Å²) < 4.78 is 99.5. The van der Waals surface area contributed by atoms with E-state index >= 15 is 0 Å². The van der Waals surface area contributed by atoms with Crippen molar-refractivity contribution in [2.24, 2.45) is 5.73 Å². The molecule has 1 aromatic heterocycles. The Balaban J connectivity index is 1.65. The summed E-state index contributed by atoms with van der Waals surface area (Å²) >= 11 is 0. The standard InChI is InChI=1S/C35H38F6N4O6/c1-3-33(42)19-28(27-18-26(49-2)6-7-29(27)45(33)32(48)51-10-4-5-30(46)47)31-22(16-25(20-43-31)44-8-11-50-12-9-44)13-21-14-23(34(36,37)38)17-24(15-21)35(39,40)41/h6-7,14-18,20,28H,3-5,8-13,19,42H2,1-2H3,(H,46,47)/t28-,33+/m0/s1. The van der Waals surface area contributed by atoms with Crippen LogP contribution >= 0.6 is 0 Å². The molecule has 1 saturated heterocycles. The predicted molar refractivity (Wildman–Crippen MR) is 174 cm³/mol. The first-order chi connectivity index (χ1) is 24.0. The lowest BCUT2D eigenvalue weighted by Gasteiger charge is -2.47. The van der Waals surface area contributed by atoms with Crippen molar-refractivity contribution in [3.63, 3.8) is 0 Å². The Morgan fingerprint density at radius 3 is 2.29 bits per heavy atom. The van der Waals surface area contributed by atoms with Gasteiger partial charge in [0, 0.05) is 25.4 Å². The van der Waals surface area contributed by atoms with Crippen molar-refractivity contribution >= 4 is 23.4 Å². The number of carboxylic acids is 1. The molecule has 3 N–H and O–H groups in total. The molecular weight excluding hydrogens is 686 g/mol. The summed E-state index contributed by atoms with van der Waals surface area (Å²) in [4.78, 5) is 32.6. The summed E-state index contributed by atoms with van der Waals surface area (Å²) in [5, 5.41) is 8.97. The van der Waals surface area contributed by atoms with E-state index in [4.69, 9.17) is 30.0 Å². The number of benzene rings is 2. The van der Waals surface area contributed by atoms with Gasteiger partial charge in [-0.25, -0.2) is 4.79 Å². The average molecular weight is 725 g/mol. The first-order valence-electron chi connectivity index (χ1n) is 16.3. The van der Waals surface area contributed by atoms with Crippen LogP contribution in [0.15, 0.2) is 48.7 Å². The molecule has 0 bridgehead atoms. The van der Waals surface area contributed by atoms with E-state index in [1.54, 1.807) is 37.4 Å². The van der Waals surface area contributed by atoms with Gasteiger partial charge >= 0.3 is 24.4 Å². The second kappa shape index (κ2) is 15.0. The van der Waals surface area contributed by atoms with Crippen molar-refractivity contribution in [3.8, 4) is 5.75 Å². The van der Waals surface area contributed by atoms with E-state index in [-0.39, 0.29) is 50.3 Å². The number of anilines is 2. The van der Waals surface area contributed by atoms with Crippen LogP contribution in [0.5, 0.6) is 5.75 Å². The number of halogens is 6. The molecule has 0 radical (unpaired) electrons. The molecule has 10 nitrogen and oxygen atoms in total. The fraction of sp³-hybridized carbons (Fsp3) is 0.457. The van der Waals surface area contributed by atoms with Crippen LogP contribution in [0.1, 0.15) is 72.0 Å². The third-order valence-corrected chi connectivity index (χ3v) is 9.14. The van der Waals surface area contributed by atoms with Crippen molar-refractivity contribution < 1.29 is 55.2 Å². The van der Waals surface area contributed by atoms with Crippen LogP contribution in [-0.4, -0.2) is 67.8 Å². The zero-order valence-corrected chi connectivity index (χ0v) is 27.9. The molecule has 0 aliphatic carbocycles. The lowest BCUT2D eigenvalue weighted by atomic mass is 9.77. The van der Waals surface area contributed by atoms with Crippen LogP contribution < -0.4 is 20.3 Å². The molecule has 1 fully saturated rings. The van der Waals surface area contributed by atoms with E-state index in [2.05, 4.69) is 0 Å². The minimum absolute atomic E-state index is 0.0428. The lowest BCUT2D eigenvalue weighted by molar-refractivity contribution is -0.143. The number of aromatic nitrogens is 1. The molecule has 276 valence electrons. The molecule has 0 unspecified atom stereocenters. The highest BCUT2D eigenvalue weighted by Gasteiger charge is 2.46. The van der Waals surface area contributed by atoms with Gasteiger partial charge < -0.3 is 30.0 Å². The van der Waals surface area contributed by atoms with Gasteiger partial charge in [-0.1, -0.05) is 6.92 Å². The molecular formula is C35H38F6N4O6. The van der Waals surface area contributed by atoms with Gasteiger partial charge in [-0.05, 0) is 84.8 Å². The number of fused-ring (bicyclic) bond motifs is 1. The molecule has 2 aliphatic heterocycles. The van der Waals surface area contributed by atoms with Crippen molar-refractivity contribution in [2.45, 2.75) is 63.0 Å². The number of alkyl halides is 6. The van der Waals surface area contributed by atoms with Crippen molar-refractivity contribution in [1.82, 2.24) is 4.98 Å². The Morgan fingerprint density at radius 2 is 1.71 bits per heavy atom. The average Bonchev–Trinajstić information content (AvgIpc) is 3.09. The topological polar surface area (TPSA) is 127 Å². The molecule has 16 heteroatoms. The van der Waals surface area contributed by atoms with Gasteiger partial charge in [-0.3, -0.25) is 14.7 Å². The minimum atomic E-state index is -5.03. The zero-order chi connectivity index (χ0) is 37.1. The van der Waals surface area contributed by atoms with Crippen molar-refractivity contribution in [1.29, 1.82) is 0 Å². The summed E-state index contributed by atoms with van der Waals surface area (Å²) in [6, 6.07) is 8.12. The minimum Gasteiger partial charge on any atom is -0.497 e. The molecule has 5 rings (SSSR count). The molecule has 2 atom stereocenters. The SMILES string of the molecule is CC[C@]1(N)C[C@H](c2ncc(N3CCOCC3)cc2Cc2cc(C(F)(F)F)cc(C(F)(F)F)c2)c2cc(OC)ccc2N1C(=O)OCCCC(=O)O. The zero-order valence-electron chi connectivity index (χ0n) is 27.9. The Morgan fingerprint density at radius 1 is 1.04 bits per heavy atom. The molecule has 3 heterocycles. The number of carbonyl (C=O) groups is 2. The molecule has 2 aliphatic rings. The number of carbonyl (C=O) groups excluding carboxylic acids is 1. The number of hydrogen-bond donors (Lipinski definition) is 2. The molecule has 1 amide bonds. The monoisotopic (exact) mass is 724 g/mol. The number of methoxy groups -OCH3 is 1. The Bertz CT molecular complexity index is 1710. The second-order valence-corrected chi connectivity index (χ2v) is 12.5.